The normalized spacial score (nSPS) is 16.1. The van der Waals surface area contributed by atoms with Gasteiger partial charge in [-0.1, -0.05) is 5.92 Å². The van der Waals surface area contributed by atoms with Crippen LogP contribution in [0.1, 0.15) is 18.4 Å². The molecule has 223 valence electrons. The Labute approximate surface area is 257 Å². The van der Waals surface area contributed by atoms with E-state index in [1.165, 1.54) is 0 Å². The van der Waals surface area contributed by atoms with Gasteiger partial charge in [0.2, 0.25) is 0 Å². The van der Waals surface area contributed by atoms with Crippen LogP contribution in [0.4, 0.5) is 11.6 Å². The van der Waals surface area contributed by atoms with Gasteiger partial charge in [-0.05, 0) is 7.05 Å². The first kappa shape index (κ1) is 36.5. The molecule has 0 aromatic carbocycles. The molecule has 1 saturated heterocycles. The molecule has 40 heavy (non-hydrogen) atoms. The van der Waals surface area contributed by atoms with Gasteiger partial charge in [0, 0.05) is 6.54 Å². The maximum absolute atomic E-state index is 10.8. The number of aromatic nitrogens is 2. The number of rotatable bonds is 21. The van der Waals surface area contributed by atoms with Crippen LogP contribution in [0.5, 0.6) is 0 Å². The van der Waals surface area contributed by atoms with Crippen LogP contribution in [-0.4, -0.2) is 149 Å². The van der Waals surface area contributed by atoms with Crippen LogP contribution in [0, 0.1) is 17.8 Å². The first-order valence-corrected chi connectivity index (χ1v) is 16.0. The minimum atomic E-state index is -0.305. The third kappa shape index (κ3) is 15.5. The van der Waals surface area contributed by atoms with Gasteiger partial charge in [0.1, 0.15) is 6.61 Å². The number of carbonyl (C=O) groups is 1. The van der Waals surface area contributed by atoms with Crippen LogP contribution in [-0.2, 0) is 28.5 Å². The number of ether oxygens (including phenoxy) is 5. The van der Waals surface area contributed by atoms with E-state index < -0.39 is 0 Å². The number of anilines is 2. The van der Waals surface area contributed by atoms with E-state index in [0.29, 0.717) is 74.2 Å². The van der Waals surface area contributed by atoms with Gasteiger partial charge in [0.15, 0.2) is 0 Å². The van der Waals surface area contributed by atoms with Crippen molar-refractivity contribution in [2.45, 2.75) is 25.2 Å². The van der Waals surface area contributed by atoms with E-state index >= 15 is 0 Å². The molecule has 1 aromatic rings. The summed E-state index contributed by atoms with van der Waals surface area (Å²) in [4.78, 5) is 20.9. The van der Waals surface area contributed by atoms with Gasteiger partial charge in [0.05, 0.1) is 46.2 Å². The number of nitrogens with zero attached hydrogens (tertiary/aromatic N) is 3. The molecule has 4 N–H and O–H groups in total. The molecule has 1 aromatic heterocycles. The van der Waals surface area contributed by atoms with E-state index in [4.69, 9.17) is 52.2 Å². The average Bonchev–Trinajstić information content (AvgIpc) is 3.42. The molecule has 0 spiro atoms. The second-order valence-electron chi connectivity index (χ2n) is 8.12. The fourth-order valence-corrected chi connectivity index (χ4v) is 4.54. The van der Waals surface area contributed by atoms with Crippen molar-refractivity contribution < 1.29 is 33.6 Å². The van der Waals surface area contributed by atoms with E-state index in [-0.39, 0.29) is 30.8 Å². The Hall–Kier alpha value is -1.49. The van der Waals surface area contributed by atoms with Gasteiger partial charge < -0.3 is 24.3 Å². The molecule has 2 atom stereocenters. The van der Waals surface area contributed by atoms with Crippen LogP contribution in [0.15, 0.2) is 0 Å². The van der Waals surface area contributed by atoms with Crippen molar-refractivity contribution in [2.75, 3.05) is 93.9 Å². The molecule has 0 amide bonds. The van der Waals surface area contributed by atoms with Crippen molar-refractivity contribution in [3.05, 3.63) is 10.8 Å². The molecule has 1 fully saturated rings. The van der Waals surface area contributed by atoms with Gasteiger partial charge in [-0.15, -0.1) is 6.42 Å². The van der Waals surface area contributed by atoms with E-state index in [0.717, 1.165) is 57.7 Å². The van der Waals surface area contributed by atoms with E-state index in [1.54, 1.807) is 4.90 Å². The molecule has 0 aliphatic carbocycles. The van der Waals surface area contributed by atoms with Crippen LogP contribution in [0.3, 0.4) is 0 Å². The summed E-state index contributed by atoms with van der Waals surface area (Å²) in [6.07, 6.45) is 7.92. The quantitative estimate of drug-likeness (QED) is 0.0333. The molecule has 13 nitrogen and oxygen atoms in total. The predicted octanol–water partition coefficient (Wildman–Crippen LogP) is 0.0737. The molecule has 2 unspecified atom stereocenters. The maximum atomic E-state index is 10.8. The van der Waals surface area contributed by atoms with Crippen LogP contribution in [0.25, 0.3) is 0 Å². The second kappa shape index (κ2) is 24.1. The topological polar surface area (TPSA) is 160 Å². The zero-order valence-electron chi connectivity index (χ0n) is 22.9. The average molecular weight is 779 g/mol. The van der Waals surface area contributed by atoms with Crippen molar-refractivity contribution in [3.8, 4) is 12.3 Å². The molecule has 15 heteroatoms. The zero-order valence-corrected chi connectivity index (χ0v) is 27.5. The Morgan fingerprint density at radius 2 is 1.82 bits per heavy atom. The Balaban J connectivity index is 0.000000421. The fourth-order valence-electron chi connectivity index (χ4n) is 3.29. The number of hydrogen-bond acceptors (Lipinski definition) is 13. The Kier molecular flexibility index (Phi) is 22.1. The molecule has 3 radical (unpaired) electrons. The third-order valence-corrected chi connectivity index (χ3v) is 6.89. The van der Waals surface area contributed by atoms with Crippen molar-refractivity contribution in [2.24, 2.45) is 0 Å². The molecule has 1 aliphatic rings. The fraction of sp³-hybridized carbons (Fsp3) is 0.680. The first-order chi connectivity index (χ1) is 19.5. The summed E-state index contributed by atoms with van der Waals surface area (Å²) in [5.41, 5.74) is 0.461. The molecular formula is C25H40ClN6O7Pb. The molecule has 2 heterocycles. The van der Waals surface area contributed by atoms with Crippen molar-refractivity contribution >= 4 is 61.5 Å². The number of halogens is 1. The number of aldehydes is 1. The number of terminal acetylenes is 1. The molecule has 0 bridgehead atoms. The van der Waals surface area contributed by atoms with E-state index in [2.05, 4.69) is 26.5 Å². The zero-order chi connectivity index (χ0) is 29.4. The van der Waals surface area contributed by atoms with Gasteiger partial charge in [0.25, 0.3) is 0 Å². The van der Waals surface area contributed by atoms with Crippen molar-refractivity contribution in [1.29, 1.82) is 5.41 Å². The van der Waals surface area contributed by atoms with Crippen molar-refractivity contribution in [1.82, 2.24) is 15.3 Å². The number of aliphatic hydroxyl groups is 1. The van der Waals surface area contributed by atoms with Gasteiger partial charge in [-0.3, -0.25) is 0 Å². The number of carbonyl (C=O) groups excluding carboxylic acids is 1. The standard InChI is InChI=1S/C13H17ClN5O3.C12H23NO4.Pb/c1-19(4-5-20)12-9(6-15)11(17-13(14)18-12)16-10-3-2-8(7-21)22-10;1-3-5-14-7-9-16-11-12-17-10-8-15-6-4-13-2;/h5-6,8,10,15,21H,1-4,7H2,(H,16,17,18);1,13H,4-12H2,2H3;. The Bertz CT molecular complexity index is 883. The minimum absolute atomic E-state index is 0.0288. The number of hydrogen-bond donors (Lipinski definition) is 4. The van der Waals surface area contributed by atoms with Crippen LogP contribution >= 0.6 is 11.6 Å². The summed E-state index contributed by atoms with van der Waals surface area (Å²) >= 11 is 6.84. The summed E-state index contributed by atoms with van der Waals surface area (Å²) in [6.45, 7) is 5.49. The monoisotopic (exact) mass is 779 g/mol. The van der Waals surface area contributed by atoms with Crippen molar-refractivity contribution in [3.63, 3.8) is 0 Å². The summed E-state index contributed by atoms with van der Waals surface area (Å²) in [6, 6.07) is 0. The molecule has 0 saturated carbocycles. The SMILES string of the molecule is C#CCOCCOCCOCCOCCNC.N=Cc1c(NC2CCC(CO)O2)nc(Cl)nc1N([CH2][Pb])CC=O. The number of likely N-dealkylation sites (N-methyl/N-ethyl adjacent to an activating group) is 1. The first-order valence-electron chi connectivity index (χ1n) is 12.9. The van der Waals surface area contributed by atoms with Crippen LogP contribution < -0.4 is 15.5 Å². The van der Waals surface area contributed by atoms with E-state index in [1.807, 2.05) is 7.05 Å². The summed E-state index contributed by atoms with van der Waals surface area (Å²) < 4.78 is 27.2. The van der Waals surface area contributed by atoms with Gasteiger partial charge in [-0.25, -0.2) is 0 Å². The Morgan fingerprint density at radius 3 is 2.35 bits per heavy atom. The summed E-state index contributed by atoms with van der Waals surface area (Å²) in [7, 11) is 1.89. The molecular weight excluding hydrogens is 739 g/mol. The third-order valence-electron chi connectivity index (χ3n) is 5.23. The van der Waals surface area contributed by atoms with E-state index in [9.17, 15) is 4.79 Å². The number of aliphatic hydroxyl groups excluding tert-OH is 1. The van der Waals surface area contributed by atoms with Gasteiger partial charge >= 0.3 is 155 Å². The summed E-state index contributed by atoms with van der Waals surface area (Å²) in [5.74, 6) is 3.24. The summed E-state index contributed by atoms with van der Waals surface area (Å²) in [5, 5.41) is 22.9. The predicted molar refractivity (Wildman–Crippen MR) is 154 cm³/mol. The number of nitrogens with one attached hydrogen (secondary N) is 3. The van der Waals surface area contributed by atoms with Gasteiger partial charge in [-0.2, -0.15) is 0 Å². The van der Waals surface area contributed by atoms with Crippen LogP contribution in [0.2, 0.25) is 5.28 Å². The second-order valence-corrected chi connectivity index (χ2v) is 9.69. The molecule has 1 aliphatic heterocycles. The Morgan fingerprint density at radius 1 is 1.18 bits per heavy atom. The molecule has 2 rings (SSSR count).